The molecule has 0 aromatic heterocycles. The summed E-state index contributed by atoms with van der Waals surface area (Å²) in [6, 6.07) is 4.21. The highest BCUT2D eigenvalue weighted by molar-refractivity contribution is 5.89. The number of carbonyl (C=O) groups is 1. The van der Waals surface area contributed by atoms with Crippen molar-refractivity contribution in [2.45, 2.75) is 51.0 Å². The average molecular weight is 335 g/mol. The van der Waals surface area contributed by atoms with Gasteiger partial charge in [-0.25, -0.2) is 9.18 Å². The maximum absolute atomic E-state index is 14.0. The van der Waals surface area contributed by atoms with Crippen molar-refractivity contribution in [3.8, 4) is 5.75 Å². The lowest BCUT2D eigenvalue weighted by atomic mass is 10.1. The molecule has 1 heterocycles. The Kier molecular flexibility index (Phi) is 5.39. The first-order valence-corrected chi connectivity index (χ1v) is 8.94. The molecule has 2 fully saturated rings. The lowest BCUT2D eigenvalue weighted by molar-refractivity contribution is 0.0469. The summed E-state index contributed by atoms with van der Waals surface area (Å²) in [5, 5.41) is 0. The lowest BCUT2D eigenvalue weighted by Crippen LogP contribution is -2.28. The summed E-state index contributed by atoms with van der Waals surface area (Å²) in [4.78, 5) is 14.5. The molecule has 0 N–H and O–H groups in total. The number of ether oxygens (including phenoxy) is 2. The smallest absolute Gasteiger partial charge is 0.338 e. The monoisotopic (exact) mass is 335 g/mol. The molecule has 0 unspecified atom stereocenters. The molecule has 1 aromatic rings. The summed E-state index contributed by atoms with van der Waals surface area (Å²) >= 11 is 0. The Balaban J connectivity index is 1.58. The standard InChI is InChI=1S/C19H26FNO3/c1-19(8-2-3-9-19)24-17-14-15(6-7-16(17)20)18(22)23-13-12-21-10-4-5-11-21/h6-7,14H,2-5,8-13H2,1H3. The highest BCUT2D eigenvalue weighted by Gasteiger charge is 2.31. The number of halogens is 1. The zero-order valence-corrected chi connectivity index (χ0v) is 14.4. The van der Waals surface area contributed by atoms with Crippen LogP contribution in [0.15, 0.2) is 18.2 Å². The van der Waals surface area contributed by atoms with Gasteiger partial charge in [0.2, 0.25) is 0 Å². The Morgan fingerprint density at radius 1 is 1.21 bits per heavy atom. The van der Waals surface area contributed by atoms with Crippen LogP contribution in [0.5, 0.6) is 5.75 Å². The molecule has 1 aliphatic heterocycles. The predicted octanol–water partition coefficient (Wildman–Crippen LogP) is 3.79. The van der Waals surface area contributed by atoms with E-state index in [1.807, 2.05) is 6.92 Å². The average Bonchev–Trinajstić information content (AvgIpc) is 3.21. The van der Waals surface area contributed by atoms with E-state index in [-0.39, 0.29) is 11.4 Å². The van der Waals surface area contributed by atoms with Gasteiger partial charge in [-0.15, -0.1) is 0 Å². The second-order valence-corrected chi connectivity index (χ2v) is 7.09. The van der Waals surface area contributed by atoms with Crippen LogP contribution in [-0.4, -0.2) is 42.7 Å². The third-order valence-corrected chi connectivity index (χ3v) is 5.02. The van der Waals surface area contributed by atoms with Crippen molar-refractivity contribution >= 4 is 5.97 Å². The van der Waals surface area contributed by atoms with E-state index in [2.05, 4.69) is 4.90 Å². The third-order valence-electron chi connectivity index (χ3n) is 5.02. The van der Waals surface area contributed by atoms with Crippen LogP contribution < -0.4 is 4.74 Å². The molecule has 1 saturated heterocycles. The van der Waals surface area contributed by atoms with Crippen LogP contribution in [0.1, 0.15) is 55.8 Å². The van der Waals surface area contributed by atoms with Crippen LogP contribution in [0.4, 0.5) is 4.39 Å². The van der Waals surface area contributed by atoms with Crippen LogP contribution in [-0.2, 0) is 4.74 Å². The summed E-state index contributed by atoms with van der Waals surface area (Å²) in [5.41, 5.74) is 0.00785. The summed E-state index contributed by atoms with van der Waals surface area (Å²) in [5.74, 6) is -0.708. The SMILES string of the molecule is CC1(Oc2cc(C(=O)OCCN3CCCC3)ccc2F)CCCC1. The minimum Gasteiger partial charge on any atom is -0.484 e. The molecule has 4 nitrogen and oxygen atoms in total. The molecule has 0 amide bonds. The van der Waals surface area contributed by atoms with Gasteiger partial charge >= 0.3 is 5.97 Å². The van der Waals surface area contributed by atoms with Crippen molar-refractivity contribution in [2.75, 3.05) is 26.2 Å². The molecule has 5 heteroatoms. The second kappa shape index (κ2) is 7.51. The fraction of sp³-hybridized carbons (Fsp3) is 0.632. The van der Waals surface area contributed by atoms with Crippen LogP contribution >= 0.6 is 0 Å². The van der Waals surface area contributed by atoms with Gasteiger partial charge in [-0.3, -0.25) is 4.90 Å². The van der Waals surface area contributed by atoms with E-state index >= 15 is 0 Å². The second-order valence-electron chi connectivity index (χ2n) is 7.09. The molecule has 24 heavy (non-hydrogen) atoms. The molecule has 0 radical (unpaired) electrons. The minimum absolute atomic E-state index is 0.147. The van der Waals surface area contributed by atoms with E-state index in [1.54, 1.807) is 0 Å². The molecule has 0 bridgehead atoms. The Morgan fingerprint density at radius 2 is 1.92 bits per heavy atom. The normalized spacial score (nSPS) is 20.2. The molecule has 1 aliphatic carbocycles. The first kappa shape index (κ1) is 17.2. The van der Waals surface area contributed by atoms with E-state index in [0.717, 1.165) is 45.3 Å². The first-order chi connectivity index (χ1) is 11.6. The third kappa shape index (κ3) is 4.26. The van der Waals surface area contributed by atoms with Gasteiger partial charge in [0.05, 0.1) is 5.56 Å². The van der Waals surface area contributed by atoms with Crippen molar-refractivity contribution < 1.29 is 18.7 Å². The summed E-state index contributed by atoms with van der Waals surface area (Å²) in [6.45, 7) is 5.27. The maximum Gasteiger partial charge on any atom is 0.338 e. The molecule has 0 spiro atoms. The summed E-state index contributed by atoms with van der Waals surface area (Å²) in [6.07, 6.45) is 6.44. The van der Waals surface area contributed by atoms with Crippen LogP contribution in [0.3, 0.4) is 0 Å². The van der Waals surface area contributed by atoms with E-state index in [9.17, 15) is 9.18 Å². The Morgan fingerprint density at radius 3 is 2.62 bits per heavy atom. The van der Waals surface area contributed by atoms with Gasteiger partial charge in [-0.1, -0.05) is 0 Å². The molecule has 2 aliphatic rings. The zero-order valence-electron chi connectivity index (χ0n) is 14.4. The van der Waals surface area contributed by atoms with Gasteiger partial charge in [-0.2, -0.15) is 0 Å². The summed E-state index contributed by atoms with van der Waals surface area (Å²) in [7, 11) is 0. The van der Waals surface area contributed by atoms with E-state index < -0.39 is 11.8 Å². The molecule has 3 rings (SSSR count). The van der Waals surface area contributed by atoms with Crippen LogP contribution in [0.2, 0.25) is 0 Å². The van der Waals surface area contributed by atoms with Crippen LogP contribution in [0, 0.1) is 5.82 Å². The van der Waals surface area contributed by atoms with Crippen molar-refractivity contribution in [3.63, 3.8) is 0 Å². The van der Waals surface area contributed by atoms with Gasteiger partial charge in [0, 0.05) is 6.54 Å². The fourth-order valence-corrected chi connectivity index (χ4v) is 3.56. The first-order valence-electron chi connectivity index (χ1n) is 8.94. The Hall–Kier alpha value is -1.62. The molecule has 0 atom stereocenters. The highest BCUT2D eigenvalue weighted by atomic mass is 19.1. The zero-order chi connectivity index (χ0) is 17.0. The predicted molar refractivity (Wildman–Crippen MR) is 89.9 cm³/mol. The van der Waals surface area contributed by atoms with Crippen molar-refractivity contribution in [1.29, 1.82) is 0 Å². The van der Waals surface area contributed by atoms with E-state index in [1.165, 1.54) is 31.0 Å². The van der Waals surface area contributed by atoms with Crippen molar-refractivity contribution in [3.05, 3.63) is 29.6 Å². The van der Waals surface area contributed by atoms with Gasteiger partial charge in [-0.05, 0) is 76.7 Å². The minimum atomic E-state index is -0.434. The van der Waals surface area contributed by atoms with E-state index in [4.69, 9.17) is 9.47 Å². The van der Waals surface area contributed by atoms with E-state index in [0.29, 0.717) is 12.2 Å². The molecular formula is C19H26FNO3. The Labute approximate surface area is 142 Å². The number of likely N-dealkylation sites (tertiary alicyclic amines) is 1. The molecular weight excluding hydrogens is 309 g/mol. The molecule has 132 valence electrons. The van der Waals surface area contributed by atoms with Gasteiger partial charge in [0.15, 0.2) is 11.6 Å². The van der Waals surface area contributed by atoms with Crippen molar-refractivity contribution in [2.24, 2.45) is 0 Å². The highest BCUT2D eigenvalue weighted by Crippen LogP contribution is 2.35. The van der Waals surface area contributed by atoms with Crippen LogP contribution in [0.25, 0.3) is 0 Å². The van der Waals surface area contributed by atoms with Gasteiger partial charge in [0.1, 0.15) is 12.2 Å². The number of hydrogen-bond donors (Lipinski definition) is 0. The maximum atomic E-state index is 14.0. The van der Waals surface area contributed by atoms with Gasteiger partial charge in [0.25, 0.3) is 0 Å². The lowest BCUT2D eigenvalue weighted by Gasteiger charge is -2.26. The molecule has 1 saturated carbocycles. The van der Waals surface area contributed by atoms with Crippen molar-refractivity contribution in [1.82, 2.24) is 4.90 Å². The number of benzene rings is 1. The van der Waals surface area contributed by atoms with Gasteiger partial charge < -0.3 is 9.47 Å². The fourth-order valence-electron chi connectivity index (χ4n) is 3.56. The topological polar surface area (TPSA) is 38.8 Å². The number of nitrogens with zero attached hydrogens (tertiary/aromatic N) is 1. The quantitative estimate of drug-likeness (QED) is 0.742. The number of rotatable bonds is 6. The Bertz CT molecular complexity index is 578. The molecule has 1 aromatic carbocycles. The largest absolute Gasteiger partial charge is 0.484 e. The number of carbonyl (C=O) groups excluding carboxylic acids is 1. The number of hydrogen-bond acceptors (Lipinski definition) is 4. The summed E-state index contributed by atoms with van der Waals surface area (Å²) < 4.78 is 25.2. The number of esters is 1.